The Morgan fingerprint density at radius 2 is 2.17 bits per heavy atom. The molecule has 0 aromatic rings. The van der Waals surface area contributed by atoms with Gasteiger partial charge in [0.25, 0.3) is 5.91 Å². The molecule has 1 rings (SSSR count). The van der Waals surface area contributed by atoms with Gasteiger partial charge in [-0.05, 0) is 6.42 Å². The number of likely N-dealkylation sites (tertiary alicyclic amines) is 1. The highest BCUT2D eigenvalue weighted by atomic mass is 35.5. The summed E-state index contributed by atoms with van der Waals surface area (Å²) in [4.78, 5) is 23.1. The lowest BCUT2D eigenvalue weighted by Gasteiger charge is -2.38. The first-order valence-electron chi connectivity index (χ1n) is 3.48. The van der Waals surface area contributed by atoms with E-state index in [1.807, 2.05) is 0 Å². The van der Waals surface area contributed by atoms with E-state index in [1.54, 1.807) is 0 Å². The lowest BCUT2D eigenvalue weighted by molar-refractivity contribution is -0.142. The van der Waals surface area contributed by atoms with Crippen molar-refractivity contribution < 1.29 is 9.59 Å². The Labute approximate surface area is 75.0 Å². The van der Waals surface area contributed by atoms with Crippen LogP contribution in [0.2, 0.25) is 0 Å². The molecule has 12 heavy (non-hydrogen) atoms. The summed E-state index contributed by atoms with van der Waals surface area (Å²) in [6.45, 7) is 3.80. The molecule has 2 amide bonds. The molecule has 1 saturated heterocycles. The van der Waals surface area contributed by atoms with E-state index < -0.39 is 17.9 Å². The first-order valence-corrected chi connectivity index (χ1v) is 3.86. The molecular formula is C7H9ClN2O2. The van der Waals surface area contributed by atoms with Gasteiger partial charge < -0.3 is 10.6 Å². The second-order valence-electron chi connectivity index (χ2n) is 2.61. The van der Waals surface area contributed by atoms with E-state index in [0.717, 1.165) is 0 Å². The second-order valence-corrected chi connectivity index (χ2v) is 3.07. The molecule has 2 N–H and O–H groups in total. The van der Waals surface area contributed by atoms with E-state index in [1.165, 1.54) is 4.90 Å². The third-order valence-corrected chi connectivity index (χ3v) is 2.00. The summed E-state index contributed by atoms with van der Waals surface area (Å²) in [5, 5.41) is -0.0825. The molecule has 1 aliphatic rings. The van der Waals surface area contributed by atoms with Crippen LogP contribution < -0.4 is 5.73 Å². The summed E-state index contributed by atoms with van der Waals surface area (Å²) in [6, 6.07) is -0.493. The zero-order valence-electron chi connectivity index (χ0n) is 6.42. The van der Waals surface area contributed by atoms with Crippen molar-refractivity contribution in [3.63, 3.8) is 0 Å². The number of amides is 2. The molecule has 0 saturated carbocycles. The van der Waals surface area contributed by atoms with Crippen LogP contribution in [0.15, 0.2) is 11.6 Å². The van der Waals surface area contributed by atoms with Crippen LogP contribution in [0.5, 0.6) is 0 Å². The van der Waals surface area contributed by atoms with Crippen molar-refractivity contribution in [1.82, 2.24) is 4.90 Å². The average molecular weight is 189 g/mol. The van der Waals surface area contributed by atoms with Crippen molar-refractivity contribution in [2.45, 2.75) is 12.5 Å². The summed E-state index contributed by atoms with van der Waals surface area (Å²) in [6.07, 6.45) is 0.616. The molecule has 0 aromatic heterocycles. The highest BCUT2D eigenvalue weighted by molar-refractivity contribution is 6.41. The predicted octanol–water partition coefficient (Wildman–Crippen LogP) is -0.175. The fourth-order valence-electron chi connectivity index (χ4n) is 1.08. The van der Waals surface area contributed by atoms with E-state index in [4.69, 9.17) is 17.3 Å². The van der Waals surface area contributed by atoms with E-state index in [-0.39, 0.29) is 5.03 Å². The number of carbonyl (C=O) groups is 2. The summed E-state index contributed by atoms with van der Waals surface area (Å²) >= 11 is 5.37. The highest BCUT2D eigenvalue weighted by Crippen LogP contribution is 2.20. The number of carbonyl (C=O) groups excluding carboxylic acids is 2. The van der Waals surface area contributed by atoms with E-state index in [9.17, 15) is 9.59 Å². The minimum atomic E-state index is -0.493. The fourth-order valence-corrected chi connectivity index (χ4v) is 1.19. The van der Waals surface area contributed by atoms with Crippen LogP contribution in [0.1, 0.15) is 6.42 Å². The van der Waals surface area contributed by atoms with Crippen molar-refractivity contribution in [2.24, 2.45) is 5.73 Å². The maximum absolute atomic E-state index is 11.1. The molecule has 0 spiro atoms. The Morgan fingerprint density at radius 3 is 2.42 bits per heavy atom. The summed E-state index contributed by atoms with van der Waals surface area (Å²) < 4.78 is 0. The maximum atomic E-state index is 11.1. The lowest BCUT2D eigenvalue weighted by atomic mass is 10.0. The van der Waals surface area contributed by atoms with Gasteiger partial charge in [0.05, 0.1) is 5.03 Å². The Balaban J connectivity index is 2.60. The monoisotopic (exact) mass is 188 g/mol. The molecule has 66 valence electrons. The van der Waals surface area contributed by atoms with Crippen molar-refractivity contribution in [3.8, 4) is 0 Å². The smallest absolute Gasteiger partial charge is 0.265 e. The van der Waals surface area contributed by atoms with Crippen LogP contribution >= 0.6 is 11.6 Å². The molecule has 1 heterocycles. The van der Waals surface area contributed by atoms with Crippen molar-refractivity contribution in [1.29, 1.82) is 0 Å². The Kier molecular flexibility index (Phi) is 2.38. The number of nitrogens with two attached hydrogens (primary N) is 1. The van der Waals surface area contributed by atoms with Crippen molar-refractivity contribution >= 4 is 23.4 Å². The van der Waals surface area contributed by atoms with Gasteiger partial charge in [0, 0.05) is 6.54 Å². The second kappa shape index (κ2) is 3.15. The standard InChI is InChI=1S/C7H9ClN2O2/c1-4(8)7(12)10-3-2-5(10)6(9)11/h5H,1-3H2,(H2,9,11). The van der Waals surface area contributed by atoms with Gasteiger partial charge in [0.1, 0.15) is 6.04 Å². The van der Waals surface area contributed by atoms with Crippen LogP contribution in [-0.4, -0.2) is 29.3 Å². The van der Waals surface area contributed by atoms with Crippen LogP contribution in [0.25, 0.3) is 0 Å². The molecule has 5 heteroatoms. The zero-order chi connectivity index (χ0) is 9.30. The molecule has 0 aliphatic carbocycles. The number of hydrogen-bond acceptors (Lipinski definition) is 2. The molecule has 4 nitrogen and oxygen atoms in total. The normalized spacial score (nSPS) is 21.4. The molecule has 0 aromatic carbocycles. The molecule has 0 bridgehead atoms. The van der Waals surface area contributed by atoms with Gasteiger partial charge in [-0.3, -0.25) is 9.59 Å². The SMILES string of the molecule is C=C(Cl)C(=O)N1CCC1C(N)=O. The van der Waals surface area contributed by atoms with Crippen LogP contribution in [0.3, 0.4) is 0 Å². The van der Waals surface area contributed by atoms with Crippen LogP contribution in [0, 0.1) is 0 Å². The first-order chi connectivity index (χ1) is 5.54. The fraction of sp³-hybridized carbons (Fsp3) is 0.429. The molecule has 1 aliphatic heterocycles. The van der Waals surface area contributed by atoms with Gasteiger partial charge >= 0.3 is 0 Å². The van der Waals surface area contributed by atoms with Gasteiger partial charge in [-0.1, -0.05) is 18.2 Å². The third kappa shape index (κ3) is 1.43. The van der Waals surface area contributed by atoms with Crippen molar-refractivity contribution in [3.05, 3.63) is 11.6 Å². The van der Waals surface area contributed by atoms with Gasteiger partial charge in [-0.25, -0.2) is 0 Å². The van der Waals surface area contributed by atoms with E-state index >= 15 is 0 Å². The zero-order valence-corrected chi connectivity index (χ0v) is 7.17. The minimum absolute atomic E-state index is 0.0825. The largest absolute Gasteiger partial charge is 0.368 e. The van der Waals surface area contributed by atoms with Crippen molar-refractivity contribution in [2.75, 3.05) is 6.54 Å². The molecule has 1 unspecified atom stereocenters. The molecule has 0 radical (unpaired) electrons. The predicted molar refractivity (Wildman–Crippen MR) is 44.3 cm³/mol. The van der Waals surface area contributed by atoms with Gasteiger partial charge in [-0.2, -0.15) is 0 Å². The topological polar surface area (TPSA) is 63.4 Å². The van der Waals surface area contributed by atoms with Gasteiger partial charge in [0.15, 0.2) is 0 Å². The first kappa shape index (κ1) is 9.06. The Morgan fingerprint density at radius 1 is 1.58 bits per heavy atom. The molecule has 1 fully saturated rings. The van der Waals surface area contributed by atoms with Gasteiger partial charge in [-0.15, -0.1) is 0 Å². The van der Waals surface area contributed by atoms with Gasteiger partial charge in [0.2, 0.25) is 5.91 Å². The maximum Gasteiger partial charge on any atom is 0.265 e. The Bertz CT molecular complexity index is 252. The summed E-state index contributed by atoms with van der Waals surface area (Å²) in [7, 11) is 0. The molecular weight excluding hydrogens is 180 g/mol. The Hall–Kier alpha value is -1.03. The lowest BCUT2D eigenvalue weighted by Crippen LogP contribution is -2.57. The van der Waals surface area contributed by atoms with Crippen LogP contribution in [-0.2, 0) is 9.59 Å². The van der Waals surface area contributed by atoms with E-state index in [0.29, 0.717) is 13.0 Å². The number of hydrogen-bond donors (Lipinski definition) is 1. The highest BCUT2D eigenvalue weighted by Gasteiger charge is 2.36. The quantitative estimate of drug-likeness (QED) is 0.612. The third-order valence-electron chi connectivity index (χ3n) is 1.84. The number of rotatable bonds is 2. The van der Waals surface area contributed by atoms with Crippen LogP contribution in [0.4, 0.5) is 0 Å². The number of nitrogens with zero attached hydrogens (tertiary/aromatic N) is 1. The summed E-state index contributed by atoms with van der Waals surface area (Å²) in [5.41, 5.74) is 5.02. The summed E-state index contributed by atoms with van der Waals surface area (Å²) in [5.74, 6) is -0.903. The number of primary amides is 1. The molecule has 1 atom stereocenters. The average Bonchev–Trinajstić information content (AvgIpc) is 1.82. The minimum Gasteiger partial charge on any atom is -0.368 e. The number of halogens is 1. The van der Waals surface area contributed by atoms with E-state index in [2.05, 4.69) is 6.58 Å².